The summed E-state index contributed by atoms with van der Waals surface area (Å²) in [7, 11) is 0. The minimum Gasteiger partial charge on any atom is -0.465 e. The van der Waals surface area contributed by atoms with E-state index in [4.69, 9.17) is 4.42 Å². The second kappa shape index (κ2) is 7.43. The first-order valence-electron chi connectivity index (χ1n) is 7.18. The van der Waals surface area contributed by atoms with Crippen LogP contribution in [0.1, 0.15) is 15.4 Å². The van der Waals surface area contributed by atoms with Crippen LogP contribution < -0.4 is 10.6 Å². The normalized spacial score (nSPS) is 10.7. The lowest BCUT2D eigenvalue weighted by atomic mass is 10.2. The van der Waals surface area contributed by atoms with E-state index in [2.05, 4.69) is 10.6 Å². The molecule has 2 N–H and O–H groups in total. The molecule has 0 saturated carbocycles. The van der Waals surface area contributed by atoms with Crippen molar-refractivity contribution in [3.05, 3.63) is 76.9 Å². The standard InChI is InChI=1S/C18H14N2O3S/c21-17(9-8-15-6-2-10-23-15)19-13-4-1-5-14(12-13)20-18(22)16-7-3-11-24-16/h1-12H,(H,19,21)(H,20,22)/b9-8+. The largest absolute Gasteiger partial charge is 0.465 e. The third-order valence-corrected chi connectivity index (χ3v) is 3.94. The Kier molecular flexibility index (Phi) is 4.88. The molecule has 5 nitrogen and oxygen atoms in total. The summed E-state index contributed by atoms with van der Waals surface area (Å²) in [4.78, 5) is 24.6. The van der Waals surface area contributed by atoms with E-state index in [9.17, 15) is 9.59 Å². The number of anilines is 2. The minimum atomic E-state index is -0.284. The van der Waals surface area contributed by atoms with E-state index >= 15 is 0 Å². The third-order valence-electron chi connectivity index (χ3n) is 3.08. The number of rotatable bonds is 5. The van der Waals surface area contributed by atoms with Gasteiger partial charge in [-0.05, 0) is 47.9 Å². The predicted octanol–water partition coefficient (Wildman–Crippen LogP) is 4.25. The fraction of sp³-hybridized carbons (Fsp3) is 0. The fourth-order valence-corrected chi connectivity index (χ4v) is 2.62. The smallest absolute Gasteiger partial charge is 0.265 e. The maximum Gasteiger partial charge on any atom is 0.265 e. The van der Waals surface area contributed by atoms with Gasteiger partial charge in [0.2, 0.25) is 5.91 Å². The van der Waals surface area contributed by atoms with E-state index in [0.29, 0.717) is 22.0 Å². The summed E-state index contributed by atoms with van der Waals surface area (Å²) >= 11 is 1.37. The molecule has 2 aromatic heterocycles. The van der Waals surface area contributed by atoms with Crippen molar-refractivity contribution < 1.29 is 14.0 Å². The quantitative estimate of drug-likeness (QED) is 0.683. The molecule has 24 heavy (non-hydrogen) atoms. The number of furan rings is 1. The Morgan fingerprint density at radius 1 is 1.00 bits per heavy atom. The van der Waals surface area contributed by atoms with Crippen LogP contribution in [0.4, 0.5) is 11.4 Å². The highest BCUT2D eigenvalue weighted by Gasteiger charge is 2.07. The van der Waals surface area contributed by atoms with E-state index in [0.717, 1.165) is 0 Å². The lowest BCUT2D eigenvalue weighted by molar-refractivity contribution is -0.111. The zero-order valence-electron chi connectivity index (χ0n) is 12.6. The molecule has 0 fully saturated rings. The van der Waals surface area contributed by atoms with Crippen LogP contribution in [0.15, 0.2) is 70.7 Å². The summed E-state index contributed by atoms with van der Waals surface area (Å²) in [6, 6.07) is 14.0. The van der Waals surface area contributed by atoms with Crippen LogP contribution >= 0.6 is 11.3 Å². The number of carbonyl (C=O) groups is 2. The molecule has 6 heteroatoms. The van der Waals surface area contributed by atoms with Gasteiger partial charge in [-0.15, -0.1) is 11.3 Å². The molecule has 0 unspecified atom stereocenters. The van der Waals surface area contributed by atoms with Crippen LogP contribution in [0.5, 0.6) is 0 Å². The molecule has 0 aliphatic rings. The van der Waals surface area contributed by atoms with Crippen molar-refractivity contribution in [1.29, 1.82) is 0 Å². The number of thiophene rings is 1. The number of hydrogen-bond donors (Lipinski definition) is 2. The number of carbonyl (C=O) groups excluding carboxylic acids is 2. The first kappa shape index (κ1) is 15.8. The molecule has 2 heterocycles. The molecule has 1 aromatic carbocycles. The van der Waals surface area contributed by atoms with Gasteiger partial charge in [0.05, 0.1) is 11.1 Å². The maximum atomic E-state index is 12.0. The topological polar surface area (TPSA) is 71.3 Å². The predicted molar refractivity (Wildman–Crippen MR) is 95.1 cm³/mol. The summed E-state index contributed by atoms with van der Waals surface area (Å²) in [6.45, 7) is 0. The Hall–Kier alpha value is -3.12. The highest BCUT2D eigenvalue weighted by atomic mass is 32.1. The minimum absolute atomic E-state index is 0.175. The van der Waals surface area contributed by atoms with Crippen molar-refractivity contribution in [3.63, 3.8) is 0 Å². The first-order chi connectivity index (χ1) is 11.7. The number of nitrogens with one attached hydrogen (secondary N) is 2. The van der Waals surface area contributed by atoms with Crippen LogP contribution in [0.3, 0.4) is 0 Å². The molecule has 2 amide bonds. The van der Waals surface area contributed by atoms with Gasteiger partial charge in [0.25, 0.3) is 5.91 Å². The molecule has 0 bridgehead atoms. The molecule has 0 saturated heterocycles. The van der Waals surface area contributed by atoms with Crippen molar-refractivity contribution in [1.82, 2.24) is 0 Å². The van der Waals surface area contributed by atoms with Crippen LogP contribution in [0.2, 0.25) is 0 Å². The first-order valence-corrected chi connectivity index (χ1v) is 8.06. The number of benzene rings is 1. The molecule has 0 radical (unpaired) electrons. The Bertz CT molecular complexity index is 852. The molecular weight excluding hydrogens is 324 g/mol. The van der Waals surface area contributed by atoms with E-state index in [1.165, 1.54) is 23.7 Å². The molecular formula is C18H14N2O3S. The molecule has 0 spiro atoms. The van der Waals surface area contributed by atoms with Crippen molar-refractivity contribution in [3.8, 4) is 0 Å². The van der Waals surface area contributed by atoms with Gasteiger partial charge in [0.15, 0.2) is 0 Å². The highest BCUT2D eigenvalue weighted by molar-refractivity contribution is 7.12. The maximum absolute atomic E-state index is 12.0. The van der Waals surface area contributed by atoms with Crippen molar-refractivity contribution in [2.75, 3.05) is 10.6 Å². The Balaban J connectivity index is 1.62. The van der Waals surface area contributed by atoms with Crippen molar-refractivity contribution >= 4 is 40.6 Å². The monoisotopic (exact) mass is 338 g/mol. The van der Waals surface area contributed by atoms with Crippen molar-refractivity contribution in [2.45, 2.75) is 0 Å². The summed E-state index contributed by atoms with van der Waals surface area (Å²) < 4.78 is 5.12. The molecule has 120 valence electrons. The number of hydrogen-bond acceptors (Lipinski definition) is 4. The van der Waals surface area contributed by atoms with Crippen LogP contribution in [0, 0.1) is 0 Å². The van der Waals surface area contributed by atoms with E-state index < -0.39 is 0 Å². The van der Waals surface area contributed by atoms with Gasteiger partial charge in [0.1, 0.15) is 5.76 Å². The van der Waals surface area contributed by atoms with Gasteiger partial charge in [-0.3, -0.25) is 9.59 Å². The third kappa shape index (κ3) is 4.21. The Morgan fingerprint density at radius 3 is 2.54 bits per heavy atom. The van der Waals surface area contributed by atoms with Gasteiger partial charge in [0, 0.05) is 17.5 Å². The lowest BCUT2D eigenvalue weighted by Crippen LogP contribution is -2.11. The molecule has 3 rings (SSSR count). The number of amides is 2. The van der Waals surface area contributed by atoms with Gasteiger partial charge in [-0.2, -0.15) is 0 Å². The second-order valence-electron chi connectivity index (χ2n) is 4.85. The zero-order valence-corrected chi connectivity index (χ0v) is 13.4. The lowest BCUT2D eigenvalue weighted by Gasteiger charge is -2.07. The molecule has 0 aliphatic heterocycles. The Morgan fingerprint density at radius 2 is 1.83 bits per heavy atom. The Labute approximate surface area is 142 Å². The summed E-state index contributed by atoms with van der Waals surface area (Å²) in [5, 5.41) is 7.38. The van der Waals surface area contributed by atoms with Crippen LogP contribution in [-0.2, 0) is 4.79 Å². The van der Waals surface area contributed by atoms with Crippen LogP contribution in [-0.4, -0.2) is 11.8 Å². The molecule has 3 aromatic rings. The molecule has 0 aliphatic carbocycles. The zero-order chi connectivity index (χ0) is 16.8. The average Bonchev–Trinajstić information content (AvgIpc) is 3.27. The van der Waals surface area contributed by atoms with Crippen LogP contribution in [0.25, 0.3) is 6.08 Å². The van der Waals surface area contributed by atoms with Gasteiger partial charge >= 0.3 is 0 Å². The SMILES string of the molecule is O=C(/C=C/c1ccco1)Nc1cccc(NC(=O)c2cccs2)c1. The van der Waals surface area contributed by atoms with Gasteiger partial charge < -0.3 is 15.1 Å². The van der Waals surface area contributed by atoms with Gasteiger partial charge in [-0.25, -0.2) is 0 Å². The molecule has 0 atom stereocenters. The van der Waals surface area contributed by atoms with E-state index in [-0.39, 0.29) is 11.8 Å². The highest BCUT2D eigenvalue weighted by Crippen LogP contribution is 2.17. The fourth-order valence-electron chi connectivity index (χ4n) is 2.00. The summed E-state index contributed by atoms with van der Waals surface area (Å²) in [6.07, 6.45) is 4.50. The van der Waals surface area contributed by atoms with E-state index in [1.54, 1.807) is 48.5 Å². The average molecular weight is 338 g/mol. The summed E-state index contributed by atoms with van der Waals surface area (Å²) in [5.41, 5.74) is 1.20. The van der Waals surface area contributed by atoms with Crippen molar-refractivity contribution in [2.24, 2.45) is 0 Å². The van der Waals surface area contributed by atoms with E-state index in [1.807, 2.05) is 11.4 Å². The summed E-state index contributed by atoms with van der Waals surface area (Å²) in [5.74, 6) is 0.140. The second-order valence-corrected chi connectivity index (χ2v) is 5.80. The van der Waals surface area contributed by atoms with Gasteiger partial charge in [-0.1, -0.05) is 12.1 Å².